The molecule has 10 heteroatoms. The van der Waals surface area contributed by atoms with Crippen molar-refractivity contribution in [1.29, 1.82) is 0 Å². The first kappa shape index (κ1) is 21.6. The number of anilines is 2. The van der Waals surface area contributed by atoms with E-state index >= 15 is 0 Å². The largest absolute Gasteiger partial charge is 0.496 e. The van der Waals surface area contributed by atoms with E-state index in [-0.39, 0.29) is 35.6 Å². The first-order valence-electron chi connectivity index (χ1n) is 8.53. The number of methoxy groups -OCH3 is 3. The fourth-order valence-electron chi connectivity index (χ4n) is 2.61. The molecule has 0 aliphatic rings. The number of amides is 2. The molecule has 0 aliphatic carbocycles. The number of carbonyl (C=O) groups is 3. The molecule has 0 saturated heterocycles. The lowest BCUT2D eigenvalue weighted by molar-refractivity contribution is -0.115. The Morgan fingerprint density at radius 2 is 1.55 bits per heavy atom. The Kier molecular flexibility index (Phi) is 7.07. The Morgan fingerprint density at radius 1 is 0.966 bits per heavy atom. The molecule has 0 aliphatic heterocycles. The molecule has 0 bridgehead atoms. The van der Waals surface area contributed by atoms with Crippen molar-refractivity contribution in [1.82, 2.24) is 9.97 Å². The summed E-state index contributed by atoms with van der Waals surface area (Å²) in [5, 5.41) is 5.09. The van der Waals surface area contributed by atoms with Crippen LogP contribution < -0.4 is 20.1 Å². The predicted octanol–water partition coefficient (Wildman–Crippen LogP) is 1.79. The van der Waals surface area contributed by atoms with Gasteiger partial charge in [0.1, 0.15) is 17.3 Å². The third kappa shape index (κ3) is 5.41. The molecule has 1 heterocycles. The number of esters is 1. The molecule has 0 unspecified atom stereocenters. The summed E-state index contributed by atoms with van der Waals surface area (Å²) in [5.74, 6) is -0.127. The van der Waals surface area contributed by atoms with E-state index in [1.54, 1.807) is 0 Å². The van der Waals surface area contributed by atoms with Crippen LogP contribution in [0.3, 0.4) is 0 Å². The van der Waals surface area contributed by atoms with Crippen LogP contribution in [0.4, 0.5) is 11.8 Å². The minimum atomic E-state index is -0.532. The van der Waals surface area contributed by atoms with Crippen molar-refractivity contribution in [2.24, 2.45) is 0 Å². The molecule has 0 atom stereocenters. The maximum atomic E-state index is 11.9. The highest BCUT2D eigenvalue weighted by atomic mass is 16.5. The van der Waals surface area contributed by atoms with E-state index in [0.717, 1.165) is 0 Å². The van der Waals surface area contributed by atoms with Crippen molar-refractivity contribution in [3.63, 3.8) is 0 Å². The van der Waals surface area contributed by atoms with Crippen molar-refractivity contribution in [2.45, 2.75) is 20.3 Å². The second-order valence-corrected chi connectivity index (χ2v) is 5.96. The zero-order valence-electron chi connectivity index (χ0n) is 16.8. The van der Waals surface area contributed by atoms with Gasteiger partial charge in [0.2, 0.25) is 17.8 Å². The molecule has 0 saturated carbocycles. The highest BCUT2D eigenvalue weighted by Gasteiger charge is 2.19. The van der Waals surface area contributed by atoms with Crippen molar-refractivity contribution in [2.75, 3.05) is 32.0 Å². The topological polar surface area (TPSA) is 129 Å². The maximum absolute atomic E-state index is 11.9. The van der Waals surface area contributed by atoms with E-state index in [4.69, 9.17) is 14.2 Å². The molecule has 154 valence electrons. The van der Waals surface area contributed by atoms with E-state index in [0.29, 0.717) is 22.6 Å². The third-order valence-electron chi connectivity index (χ3n) is 3.84. The summed E-state index contributed by atoms with van der Waals surface area (Å²) < 4.78 is 15.6. The zero-order valence-corrected chi connectivity index (χ0v) is 16.8. The van der Waals surface area contributed by atoms with Crippen LogP contribution in [-0.4, -0.2) is 49.1 Å². The Labute approximate surface area is 167 Å². The number of hydrogen-bond donors (Lipinski definition) is 2. The van der Waals surface area contributed by atoms with Crippen LogP contribution in [0.25, 0.3) is 0 Å². The van der Waals surface area contributed by atoms with E-state index in [1.807, 2.05) is 0 Å². The van der Waals surface area contributed by atoms with Gasteiger partial charge in [0.05, 0.1) is 26.9 Å². The van der Waals surface area contributed by atoms with Gasteiger partial charge in [-0.25, -0.2) is 9.78 Å². The molecule has 0 radical (unpaired) electrons. The van der Waals surface area contributed by atoms with Crippen LogP contribution in [0.15, 0.2) is 18.3 Å². The van der Waals surface area contributed by atoms with Gasteiger partial charge in [-0.15, -0.1) is 0 Å². The minimum Gasteiger partial charge on any atom is -0.496 e. The van der Waals surface area contributed by atoms with Gasteiger partial charge in [0.15, 0.2) is 0 Å². The molecule has 10 nitrogen and oxygen atoms in total. The zero-order chi connectivity index (χ0) is 21.6. The van der Waals surface area contributed by atoms with Gasteiger partial charge in [-0.2, -0.15) is 4.98 Å². The average molecular weight is 402 g/mol. The molecule has 2 N–H and O–H groups in total. The lowest BCUT2D eigenvalue weighted by atomic mass is 10.0. The van der Waals surface area contributed by atoms with Crippen LogP contribution in [0, 0.1) is 0 Å². The summed E-state index contributed by atoms with van der Waals surface area (Å²) in [6.07, 6.45) is 1.71. The van der Waals surface area contributed by atoms with E-state index in [1.165, 1.54) is 53.5 Å². The van der Waals surface area contributed by atoms with Crippen LogP contribution >= 0.6 is 0 Å². The lowest BCUT2D eigenvalue weighted by Crippen LogP contribution is -2.15. The number of hydrogen-bond acceptors (Lipinski definition) is 8. The average Bonchev–Trinajstić information content (AvgIpc) is 2.68. The molecule has 0 fully saturated rings. The van der Waals surface area contributed by atoms with Gasteiger partial charge < -0.3 is 19.5 Å². The Bertz CT molecular complexity index is 919. The summed E-state index contributed by atoms with van der Waals surface area (Å²) >= 11 is 0. The van der Waals surface area contributed by atoms with Gasteiger partial charge in [-0.1, -0.05) is 0 Å². The van der Waals surface area contributed by atoms with Gasteiger partial charge in [-0.05, 0) is 12.1 Å². The standard InChI is InChI=1S/C19H22N4O6/c1-10(24)21-17-13(9-20-19(23-17)22-11(2)25)6-14-15(27-3)7-12(18(26)29-5)8-16(14)28-4/h7-9H,6H2,1-5H3,(H2,20,21,22,23,24,25). The molecule has 1 aromatic heterocycles. The first-order chi connectivity index (χ1) is 13.8. The summed E-state index contributed by atoms with van der Waals surface area (Å²) in [4.78, 5) is 43.0. The van der Waals surface area contributed by atoms with Crippen LogP contribution in [0.5, 0.6) is 11.5 Å². The van der Waals surface area contributed by atoms with E-state index in [2.05, 4.69) is 20.6 Å². The molecule has 29 heavy (non-hydrogen) atoms. The van der Waals surface area contributed by atoms with Gasteiger partial charge in [-0.3, -0.25) is 14.9 Å². The number of rotatable bonds is 7. The molecule has 2 aromatic rings. The third-order valence-corrected chi connectivity index (χ3v) is 3.84. The summed E-state index contributed by atoms with van der Waals surface area (Å²) in [7, 11) is 4.21. The summed E-state index contributed by atoms with van der Waals surface area (Å²) in [5.41, 5.74) is 1.44. The first-order valence-corrected chi connectivity index (χ1v) is 8.53. The summed E-state index contributed by atoms with van der Waals surface area (Å²) in [6.45, 7) is 2.67. The van der Waals surface area contributed by atoms with E-state index in [9.17, 15) is 14.4 Å². The molecule has 0 spiro atoms. The van der Waals surface area contributed by atoms with E-state index < -0.39 is 5.97 Å². The van der Waals surface area contributed by atoms with Gasteiger partial charge in [0, 0.05) is 37.6 Å². The number of nitrogens with one attached hydrogen (secondary N) is 2. The molecular weight excluding hydrogens is 380 g/mol. The number of aromatic nitrogens is 2. The fourth-order valence-corrected chi connectivity index (χ4v) is 2.61. The van der Waals surface area contributed by atoms with Gasteiger partial charge in [0.25, 0.3) is 0 Å². The van der Waals surface area contributed by atoms with Crippen LogP contribution in [0.1, 0.15) is 35.3 Å². The predicted molar refractivity (Wildman–Crippen MR) is 104 cm³/mol. The smallest absolute Gasteiger partial charge is 0.338 e. The van der Waals surface area contributed by atoms with Crippen molar-refractivity contribution >= 4 is 29.5 Å². The van der Waals surface area contributed by atoms with Crippen molar-refractivity contribution < 1.29 is 28.6 Å². The number of benzene rings is 1. The SMILES string of the molecule is COC(=O)c1cc(OC)c(Cc2cnc(NC(C)=O)nc2NC(C)=O)c(OC)c1. The highest BCUT2D eigenvalue weighted by molar-refractivity contribution is 5.91. The molecular formula is C19H22N4O6. The quantitative estimate of drug-likeness (QED) is 0.671. The minimum absolute atomic E-state index is 0.0602. The van der Waals surface area contributed by atoms with Gasteiger partial charge >= 0.3 is 5.97 Å². The molecule has 1 aromatic carbocycles. The van der Waals surface area contributed by atoms with Crippen molar-refractivity contribution in [3.05, 3.63) is 35.0 Å². The second kappa shape index (κ2) is 9.49. The van der Waals surface area contributed by atoms with Crippen molar-refractivity contribution in [3.8, 4) is 11.5 Å². The molecule has 2 amide bonds. The molecule has 2 rings (SSSR count). The normalized spacial score (nSPS) is 10.1. The van der Waals surface area contributed by atoms with Crippen LogP contribution in [0.2, 0.25) is 0 Å². The number of carbonyl (C=O) groups excluding carboxylic acids is 3. The Hall–Kier alpha value is -3.69. The van der Waals surface area contributed by atoms with Crippen LogP contribution in [-0.2, 0) is 20.7 Å². The maximum Gasteiger partial charge on any atom is 0.338 e. The summed E-state index contributed by atoms with van der Waals surface area (Å²) in [6, 6.07) is 3.07. The number of nitrogens with zero attached hydrogens (tertiary/aromatic N) is 2. The Morgan fingerprint density at radius 3 is 2.03 bits per heavy atom. The Balaban J connectivity index is 2.52. The second-order valence-electron chi connectivity index (χ2n) is 5.96. The number of ether oxygens (including phenoxy) is 3. The monoisotopic (exact) mass is 402 g/mol. The fraction of sp³-hybridized carbons (Fsp3) is 0.316. The highest BCUT2D eigenvalue weighted by Crippen LogP contribution is 2.34. The lowest BCUT2D eigenvalue weighted by Gasteiger charge is -2.16.